The number of hydrogen-bond acceptors (Lipinski definition) is 1. The lowest BCUT2D eigenvalue weighted by Crippen LogP contribution is -2.22. The van der Waals surface area contributed by atoms with Crippen LogP contribution >= 0.6 is 12.2 Å². The first kappa shape index (κ1) is 12.8. The highest BCUT2D eigenvalue weighted by Gasteiger charge is 1.99. The molecule has 18 heavy (non-hydrogen) atoms. The molecule has 2 aromatic carbocycles. The summed E-state index contributed by atoms with van der Waals surface area (Å²) in [4.78, 5) is 0.891. The first-order chi connectivity index (χ1) is 8.74. The minimum atomic E-state index is 0.797. The predicted octanol–water partition coefficient (Wildman–Crippen LogP) is 3.65. The average molecular weight is 255 g/mol. The van der Waals surface area contributed by atoms with Gasteiger partial charge in [0, 0.05) is 13.0 Å². The molecule has 0 unspecified atom stereocenters. The highest BCUT2D eigenvalue weighted by Crippen LogP contribution is 2.05. The molecule has 0 fully saturated rings. The van der Waals surface area contributed by atoms with Crippen LogP contribution in [0.2, 0.25) is 0 Å². The van der Waals surface area contributed by atoms with Crippen LogP contribution < -0.4 is 5.32 Å². The Labute approximate surface area is 114 Å². The van der Waals surface area contributed by atoms with E-state index in [4.69, 9.17) is 12.2 Å². The molecule has 0 heterocycles. The molecule has 0 aliphatic rings. The van der Waals surface area contributed by atoms with Gasteiger partial charge in [-0.1, -0.05) is 72.4 Å². The van der Waals surface area contributed by atoms with Crippen LogP contribution in [0.1, 0.15) is 16.7 Å². The topological polar surface area (TPSA) is 12.0 Å². The molecule has 0 radical (unpaired) electrons. The summed E-state index contributed by atoms with van der Waals surface area (Å²) < 4.78 is 0. The van der Waals surface area contributed by atoms with Crippen molar-refractivity contribution in [2.45, 2.75) is 19.9 Å². The van der Waals surface area contributed by atoms with Gasteiger partial charge in [0.2, 0.25) is 0 Å². The number of nitrogens with one attached hydrogen (secondary N) is 1. The Morgan fingerprint density at radius 3 is 2.28 bits per heavy atom. The van der Waals surface area contributed by atoms with Crippen molar-refractivity contribution in [3.05, 3.63) is 71.3 Å². The molecule has 0 aromatic heterocycles. The van der Waals surface area contributed by atoms with E-state index in [1.165, 1.54) is 16.7 Å². The van der Waals surface area contributed by atoms with Crippen molar-refractivity contribution in [2.24, 2.45) is 0 Å². The first-order valence-corrected chi connectivity index (χ1v) is 6.51. The van der Waals surface area contributed by atoms with E-state index in [2.05, 4.69) is 48.6 Å². The van der Waals surface area contributed by atoms with Crippen LogP contribution in [-0.4, -0.2) is 4.99 Å². The third-order valence-corrected chi connectivity index (χ3v) is 3.11. The summed E-state index contributed by atoms with van der Waals surface area (Å²) in [6, 6.07) is 18.8. The van der Waals surface area contributed by atoms with Crippen LogP contribution in [0.3, 0.4) is 0 Å². The van der Waals surface area contributed by atoms with Crippen molar-refractivity contribution in [1.82, 2.24) is 5.32 Å². The number of hydrogen-bond donors (Lipinski definition) is 1. The molecular formula is C16H17NS. The van der Waals surface area contributed by atoms with E-state index in [9.17, 15) is 0 Å². The largest absolute Gasteiger partial charge is 0.375 e. The van der Waals surface area contributed by atoms with Crippen LogP contribution in [0, 0.1) is 6.92 Å². The van der Waals surface area contributed by atoms with E-state index < -0.39 is 0 Å². The molecule has 92 valence electrons. The molecule has 0 bridgehead atoms. The summed E-state index contributed by atoms with van der Waals surface area (Å²) >= 11 is 5.36. The predicted molar refractivity (Wildman–Crippen MR) is 80.8 cm³/mol. The fourth-order valence-electron chi connectivity index (χ4n) is 1.75. The molecule has 1 N–H and O–H groups in total. The van der Waals surface area contributed by atoms with E-state index >= 15 is 0 Å². The van der Waals surface area contributed by atoms with Gasteiger partial charge in [-0.2, -0.15) is 0 Å². The number of aryl methyl sites for hydroxylation is 1. The second-order valence-electron chi connectivity index (χ2n) is 4.42. The normalized spacial score (nSPS) is 10.1. The zero-order valence-corrected chi connectivity index (χ0v) is 11.3. The van der Waals surface area contributed by atoms with Gasteiger partial charge in [-0.25, -0.2) is 0 Å². The molecule has 0 saturated heterocycles. The number of thiocarbonyl (C=S) groups is 1. The maximum atomic E-state index is 5.36. The van der Waals surface area contributed by atoms with Gasteiger partial charge < -0.3 is 5.32 Å². The SMILES string of the molecule is Cc1ccc(CC(=S)NCc2ccccc2)cc1. The van der Waals surface area contributed by atoms with E-state index in [1.807, 2.05) is 18.2 Å². The number of benzene rings is 2. The molecule has 0 saturated carbocycles. The molecule has 0 spiro atoms. The van der Waals surface area contributed by atoms with E-state index in [-0.39, 0.29) is 0 Å². The molecule has 0 aliphatic heterocycles. The fourth-order valence-corrected chi connectivity index (χ4v) is 1.99. The van der Waals surface area contributed by atoms with Crippen molar-refractivity contribution >= 4 is 17.2 Å². The van der Waals surface area contributed by atoms with Crippen LogP contribution in [0.25, 0.3) is 0 Å². The lowest BCUT2D eigenvalue weighted by Gasteiger charge is -2.08. The summed E-state index contributed by atoms with van der Waals surface area (Å²) in [5.74, 6) is 0. The molecule has 2 heteroatoms. The van der Waals surface area contributed by atoms with E-state index in [0.29, 0.717) is 0 Å². The molecule has 2 aromatic rings. The maximum Gasteiger partial charge on any atom is 0.0800 e. The van der Waals surface area contributed by atoms with Crippen LogP contribution in [0.4, 0.5) is 0 Å². The van der Waals surface area contributed by atoms with Gasteiger partial charge in [0.25, 0.3) is 0 Å². The third kappa shape index (κ3) is 3.97. The van der Waals surface area contributed by atoms with Crippen LogP contribution in [0.5, 0.6) is 0 Å². The second-order valence-corrected chi connectivity index (χ2v) is 4.92. The average Bonchev–Trinajstić information content (AvgIpc) is 2.40. The summed E-state index contributed by atoms with van der Waals surface area (Å²) in [6.07, 6.45) is 0.808. The Kier molecular flexibility index (Phi) is 4.48. The van der Waals surface area contributed by atoms with Crippen molar-refractivity contribution in [3.63, 3.8) is 0 Å². The molecule has 1 nitrogen and oxygen atoms in total. The minimum Gasteiger partial charge on any atom is -0.375 e. The lowest BCUT2D eigenvalue weighted by molar-refractivity contribution is 0.912. The van der Waals surface area contributed by atoms with Gasteiger partial charge in [0.05, 0.1) is 4.99 Å². The van der Waals surface area contributed by atoms with Gasteiger partial charge in [-0.3, -0.25) is 0 Å². The monoisotopic (exact) mass is 255 g/mol. The molecule has 2 rings (SSSR count). The fraction of sp³-hybridized carbons (Fsp3) is 0.188. The summed E-state index contributed by atoms with van der Waals surface area (Å²) in [5, 5.41) is 3.29. The van der Waals surface area contributed by atoms with Crippen molar-refractivity contribution in [2.75, 3.05) is 0 Å². The van der Waals surface area contributed by atoms with Crippen LogP contribution in [0.15, 0.2) is 54.6 Å². The first-order valence-electron chi connectivity index (χ1n) is 6.10. The zero-order valence-electron chi connectivity index (χ0n) is 10.5. The highest BCUT2D eigenvalue weighted by atomic mass is 32.1. The van der Waals surface area contributed by atoms with Crippen molar-refractivity contribution < 1.29 is 0 Å². The van der Waals surface area contributed by atoms with Crippen molar-refractivity contribution in [3.8, 4) is 0 Å². The lowest BCUT2D eigenvalue weighted by atomic mass is 10.1. The van der Waals surface area contributed by atoms with Gasteiger partial charge in [0.15, 0.2) is 0 Å². The minimum absolute atomic E-state index is 0.797. The van der Waals surface area contributed by atoms with E-state index in [1.54, 1.807) is 0 Å². The smallest absolute Gasteiger partial charge is 0.0800 e. The Morgan fingerprint density at radius 1 is 0.944 bits per heavy atom. The highest BCUT2D eigenvalue weighted by molar-refractivity contribution is 7.80. The summed E-state index contributed by atoms with van der Waals surface area (Å²) in [6.45, 7) is 2.89. The Balaban J connectivity index is 1.84. The Hall–Kier alpha value is -1.67. The molecule has 0 aliphatic carbocycles. The molecule has 0 atom stereocenters. The van der Waals surface area contributed by atoms with E-state index in [0.717, 1.165) is 18.0 Å². The van der Waals surface area contributed by atoms with Crippen molar-refractivity contribution in [1.29, 1.82) is 0 Å². The Morgan fingerprint density at radius 2 is 1.61 bits per heavy atom. The Bertz CT molecular complexity index is 502. The zero-order chi connectivity index (χ0) is 12.8. The standard InChI is InChI=1S/C16H17NS/c1-13-7-9-14(10-8-13)11-16(18)17-12-15-5-3-2-4-6-15/h2-10H,11-12H2,1H3,(H,17,18). The summed E-state index contributed by atoms with van der Waals surface area (Å²) in [5.41, 5.74) is 3.79. The van der Waals surface area contributed by atoms with Gasteiger partial charge in [0.1, 0.15) is 0 Å². The second kappa shape index (κ2) is 6.31. The van der Waals surface area contributed by atoms with Crippen LogP contribution in [-0.2, 0) is 13.0 Å². The quantitative estimate of drug-likeness (QED) is 0.837. The molecular weight excluding hydrogens is 238 g/mol. The maximum absolute atomic E-state index is 5.36. The summed E-state index contributed by atoms with van der Waals surface area (Å²) in [7, 11) is 0. The van der Waals surface area contributed by atoms with Gasteiger partial charge in [-0.15, -0.1) is 0 Å². The van der Waals surface area contributed by atoms with Gasteiger partial charge in [-0.05, 0) is 18.1 Å². The van der Waals surface area contributed by atoms with Gasteiger partial charge >= 0.3 is 0 Å². The number of rotatable bonds is 4. The molecule has 0 amide bonds. The third-order valence-electron chi connectivity index (χ3n) is 2.82.